The summed E-state index contributed by atoms with van der Waals surface area (Å²) in [5.74, 6) is 1.06. The maximum absolute atomic E-state index is 12.8. The van der Waals surface area contributed by atoms with Crippen molar-refractivity contribution in [2.45, 2.75) is 32.3 Å². The van der Waals surface area contributed by atoms with Crippen LogP contribution >= 0.6 is 0 Å². The highest BCUT2D eigenvalue weighted by Gasteiger charge is 2.34. The second-order valence-corrected chi connectivity index (χ2v) is 5.93. The van der Waals surface area contributed by atoms with Crippen LogP contribution in [0.15, 0.2) is 18.5 Å². The van der Waals surface area contributed by atoms with Crippen LogP contribution in [0.1, 0.15) is 26.2 Å². The Morgan fingerprint density at radius 3 is 2.68 bits per heavy atom. The topological polar surface area (TPSA) is 58.6 Å². The van der Waals surface area contributed by atoms with E-state index in [0.717, 1.165) is 58.0 Å². The molecule has 2 saturated heterocycles. The van der Waals surface area contributed by atoms with Crippen molar-refractivity contribution >= 4 is 11.9 Å². The Hall–Kier alpha value is -1.69. The molecule has 120 valence electrons. The number of nitrogens with zero attached hydrogens (tertiary/aromatic N) is 4. The zero-order chi connectivity index (χ0) is 15.4. The Bertz CT molecular complexity index is 488. The van der Waals surface area contributed by atoms with Crippen molar-refractivity contribution in [3.63, 3.8) is 0 Å². The van der Waals surface area contributed by atoms with Gasteiger partial charge in [0, 0.05) is 45.2 Å². The average molecular weight is 304 g/mol. The molecule has 6 nitrogen and oxygen atoms in total. The monoisotopic (exact) mass is 304 g/mol. The van der Waals surface area contributed by atoms with Gasteiger partial charge in [-0.1, -0.05) is 6.92 Å². The van der Waals surface area contributed by atoms with Gasteiger partial charge in [-0.05, 0) is 25.3 Å². The Labute approximate surface area is 131 Å². The van der Waals surface area contributed by atoms with Crippen molar-refractivity contribution in [3.05, 3.63) is 18.5 Å². The maximum Gasteiger partial charge on any atom is 0.228 e. The molecule has 0 bridgehead atoms. The van der Waals surface area contributed by atoms with Gasteiger partial charge in [0.25, 0.3) is 0 Å². The molecular weight excluding hydrogens is 280 g/mol. The van der Waals surface area contributed by atoms with Gasteiger partial charge in [-0.15, -0.1) is 0 Å². The van der Waals surface area contributed by atoms with Crippen molar-refractivity contribution in [1.29, 1.82) is 0 Å². The molecule has 3 heterocycles. The summed E-state index contributed by atoms with van der Waals surface area (Å²) in [4.78, 5) is 25.4. The van der Waals surface area contributed by atoms with Gasteiger partial charge in [0.1, 0.15) is 0 Å². The molecule has 2 atom stereocenters. The first-order chi connectivity index (χ1) is 10.8. The van der Waals surface area contributed by atoms with Crippen LogP contribution in [0, 0.1) is 5.92 Å². The van der Waals surface area contributed by atoms with Crippen LogP contribution < -0.4 is 4.90 Å². The smallest absolute Gasteiger partial charge is 0.228 e. The third kappa shape index (κ3) is 3.21. The minimum Gasteiger partial charge on any atom is -0.377 e. The third-order valence-corrected chi connectivity index (χ3v) is 4.59. The highest BCUT2D eigenvalue weighted by molar-refractivity contribution is 5.79. The van der Waals surface area contributed by atoms with Crippen LogP contribution in [0.25, 0.3) is 0 Å². The number of anilines is 1. The van der Waals surface area contributed by atoms with E-state index in [-0.39, 0.29) is 17.9 Å². The summed E-state index contributed by atoms with van der Waals surface area (Å²) in [6, 6.07) is 1.82. The van der Waals surface area contributed by atoms with Gasteiger partial charge < -0.3 is 14.5 Å². The van der Waals surface area contributed by atoms with E-state index >= 15 is 0 Å². The number of piperazine rings is 1. The SMILES string of the molecule is CC[C@@H]1OCCC[C@@H]1C(=O)N1CCN(c2ncccn2)CC1. The summed E-state index contributed by atoms with van der Waals surface area (Å²) in [7, 11) is 0. The molecule has 22 heavy (non-hydrogen) atoms. The number of hydrogen-bond acceptors (Lipinski definition) is 5. The minimum atomic E-state index is 0.0401. The van der Waals surface area contributed by atoms with E-state index in [1.807, 2.05) is 11.0 Å². The molecule has 0 spiro atoms. The molecule has 0 unspecified atom stereocenters. The van der Waals surface area contributed by atoms with Crippen molar-refractivity contribution in [1.82, 2.24) is 14.9 Å². The summed E-state index contributed by atoms with van der Waals surface area (Å²) < 4.78 is 5.76. The lowest BCUT2D eigenvalue weighted by molar-refractivity contribution is -0.145. The maximum atomic E-state index is 12.8. The molecule has 0 aromatic carbocycles. The van der Waals surface area contributed by atoms with E-state index in [9.17, 15) is 4.79 Å². The van der Waals surface area contributed by atoms with E-state index in [2.05, 4.69) is 21.8 Å². The summed E-state index contributed by atoms with van der Waals surface area (Å²) in [6.45, 7) is 5.96. The van der Waals surface area contributed by atoms with Gasteiger partial charge in [-0.3, -0.25) is 4.79 Å². The Morgan fingerprint density at radius 2 is 2.00 bits per heavy atom. The van der Waals surface area contributed by atoms with E-state index in [4.69, 9.17) is 4.74 Å². The lowest BCUT2D eigenvalue weighted by atomic mass is 9.91. The van der Waals surface area contributed by atoms with E-state index in [1.165, 1.54) is 0 Å². The van der Waals surface area contributed by atoms with Gasteiger partial charge in [0.15, 0.2) is 0 Å². The average Bonchev–Trinajstić information content (AvgIpc) is 2.62. The quantitative estimate of drug-likeness (QED) is 0.843. The fourth-order valence-electron chi connectivity index (χ4n) is 3.34. The number of ether oxygens (including phenoxy) is 1. The third-order valence-electron chi connectivity index (χ3n) is 4.59. The molecule has 2 aliphatic rings. The molecule has 0 aliphatic carbocycles. The molecule has 1 aromatic heterocycles. The molecule has 2 aliphatic heterocycles. The predicted octanol–water partition coefficient (Wildman–Crippen LogP) is 1.33. The van der Waals surface area contributed by atoms with Crippen LogP contribution in [0.2, 0.25) is 0 Å². The van der Waals surface area contributed by atoms with Crippen molar-refractivity contribution in [2.24, 2.45) is 5.92 Å². The molecule has 1 aromatic rings. The zero-order valence-corrected chi connectivity index (χ0v) is 13.1. The zero-order valence-electron chi connectivity index (χ0n) is 13.1. The number of aromatic nitrogens is 2. The van der Waals surface area contributed by atoms with Crippen molar-refractivity contribution in [2.75, 3.05) is 37.7 Å². The van der Waals surface area contributed by atoms with Crippen LogP contribution in [-0.2, 0) is 9.53 Å². The molecule has 1 amide bonds. The summed E-state index contributed by atoms with van der Waals surface area (Å²) in [5, 5.41) is 0. The summed E-state index contributed by atoms with van der Waals surface area (Å²) in [5.41, 5.74) is 0. The van der Waals surface area contributed by atoms with Gasteiger partial charge in [0.2, 0.25) is 11.9 Å². The van der Waals surface area contributed by atoms with Gasteiger partial charge in [-0.25, -0.2) is 9.97 Å². The van der Waals surface area contributed by atoms with E-state index in [0.29, 0.717) is 0 Å². The highest BCUT2D eigenvalue weighted by atomic mass is 16.5. The minimum absolute atomic E-state index is 0.0401. The molecule has 3 rings (SSSR count). The number of rotatable bonds is 3. The standard InChI is InChI=1S/C16H24N4O2/c1-2-14-13(5-3-12-22-14)15(21)19-8-10-20(11-9-19)16-17-6-4-7-18-16/h4,6-7,13-14H,2-3,5,8-12H2,1H3/t13-,14-/m0/s1. The van der Waals surface area contributed by atoms with Crippen molar-refractivity contribution in [3.8, 4) is 0 Å². The first kappa shape index (κ1) is 15.2. The fraction of sp³-hybridized carbons (Fsp3) is 0.688. The Balaban J connectivity index is 1.57. The number of hydrogen-bond donors (Lipinski definition) is 0. The molecule has 0 N–H and O–H groups in total. The lowest BCUT2D eigenvalue weighted by Crippen LogP contribution is -2.53. The Kier molecular flexibility index (Phi) is 4.87. The summed E-state index contributed by atoms with van der Waals surface area (Å²) >= 11 is 0. The molecule has 6 heteroatoms. The second kappa shape index (κ2) is 7.05. The van der Waals surface area contributed by atoms with Crippen LogP contribution in [0.4, 0.5) is 5.95 Å². The van der Waals surface area contributed by atoms with E-state index in [1.54, 1.807) is 12.4 Å². The largest absolute Gasteiger partial charge is 0.377 e. The van der Waals surface area contributed by atoms with Gasteiger partial charge in [-0.2, -0.15) is 0 Å². The van der Waals surface area contributed by atoms with Crippen LogP contribution in [-0.4, -0.2) is 59.7 Å². The van der Waals surface area contributed by atoms with Crippen LogP contribution in [0.3, 0.4) is 0 Å². The van der Waals surface area contributed by atoms with E-state index < -0.39 is 0 Å². The van der Waals surface area contributed by atoms with Crippen LogP contribution in [0.5, 0.6) is 0 Å². The molecule has 0 saturated carbocycles. The number of amides is 1. The molecule has 2 fully saturated rings. The van der Waals surface area contributed by atoms with Gasteiger partial charge >= 0.3 is 0 Å². The highest BCUT2D eigenvalue weighted by Crippen LogP contribution is 2.25. The number of carbonyl (C=O) groups excluding carboxylic acids is 1. The Morgan fingerprint density at radius 1 is 1.27 bits per heavy atom. The van der Waals surface area contributed by atoms with Crippen molar-refractivity contribution < 1.29 is 9.53 Å². The predicted molar refractivity (Wildman–Crippen MR) is 83.6 cm³/mol. The lowest BCUT2D eigenvalue weighted by Gasteiger charge is -2.39. The van der Waals surface area contributed by atoms with Gasteiger partial charge in [0.05, 0.1) is 12.0 Å². The normalized spacial score (nSPS) is 26.0. The molecule has 0 radical (unpaired) electrons. The first-order valence-electron chi connectivity index (χ1n) is 8.22. The first-order valence-corrected chi connectivity index (χ1v) is 8.22. The summed E-state index contributed by atoms with van der Waals surface area (Å²) in [6.07, 6.45) is 6.46. The number of carbonyl (C=O) groups is 1. The second-order valence-electron chi connectivity index (χ2n) is 5.93. The fourth-order valence-corrected chi connectivity index (χ4v) is 3.34. The molecular formula is C16H24N4O2.